The molecule has 0 atom stereocenters. The van der Waals surface area contributed by atoms with Gasteiger partial charge in [0, 0.05) is 16.8 Å². The third-order valence-electron chi connectivity index (χ3n) is 2.10. The van der Waals surface area contributed by atoms with Crippen LogP contribution >= 0.6 is 0 Å². The van der Waals surface area contributed by atoms with Crippen LogP contribution in [-0.2, 0) is 16.8 Å². The Balaban J connectivity index is -0.0000000260. The predicted octanol–water partition coefficient (Wildman–Crippen LogP) is 4.40. The largest absolute Gasteiger partial charge is 0.512 e. The molecule has 2 nitrogen and oxygen atoms in total. The summed E-state index contributed by atoms with van der Waals surface area (Å²) in [5.74, 6) is 2.56. The van der Waals surface area contributed by atoms with Crippen LogP contribution in [-0.4, -0.2) is 0 Å². The van der Waals surface area contributed by atoms with Crippen LogP contribution in [0.2, 0.25) is 0 Å². The fourth-order valence-electron chi connectivity index (χ4n) is 0.770. The second kappa shape index (κ2) is 29.2. The van der Waals surface area contributed by atoms with Gasteiger partial charge in [-0.05, 0) is 17.8 Å². The van der Waals surface area contributed by atoms with Gasteiger partial charge in [0.1, 0.15) is 0 Å². The minimum absolute atomic E-state index is 0. The molecule has 0 saturated heterocycles. The third kappa shape index (κ3) is 31.7. The van der Waals surface area contributed by atoms with E-state index in [1.165, 1.54) is 0 Å². The quantitative estimate of drug-likeness (QED) is 0.688. The molecule has 0 aliphatic heterocycles. The first kappa shape index (κ1) is 36.6. The maximum atomic E-state index is 6.25. The minimum Gasteiger partial charge on any atom is -0.512 e. The average Bonchev–Trinajstić information content (AvgIpc) is 2.10. The van der Waals surface area contributed by atoms with E-state index in [9.17, 15) is 0 Å². The second-order valence-corrected chi connectivity index (χ2v) is 3.35. The Morgan fingerprint density at radius 2 is 0.800 bits per heavy atom. The molecule has 0 aromatic heterocycles. The summed E-state index contributed by atoms with van der Waals surface area (Å²) in [7, 11) is 0. The summed E-state index contributed by atoms with van der Waals surface area (Å²) in [6, 6.07) is 0. The van der Waals surface area contributed by atoms with Crippen molar-refractivity contribution in [3.8, 4) is 0 Å². The summed E-state index contributed by atoms with van der Waals surface area (Å²) in [5.41, 5.74) is 0. The molecule has 0 aromatic carbocycles. The zero-order valence-corrected chi connectivity index (χ0v) is 10.0. The third-order valence-corrected chi connectivity index (χ3v) is 2.10. The van der Waals surface area contributed by atoms with Crippen molar-refractivity contribution >= 4 is 0 Å². The Kier molecular flexibility index (Phi) is 71.2. The van der Waals surface area contributed by atoms with Gasteiger partial charge in [0.15, 0.2) is 0 Å². The van der Waals surface area contributed by atoms with Crippen molar-refractivity contribution in [1.82, 2.24) is 0 Å². The molecule has 0 N–H and O–H groups in total. The van der Waals surface area contributed by atoms with E-state index >= 15 is 0 Å². The van der Waals surface area contributed by atoms with Gasteiger partial charge in [0.25, 0.3) is 0 Å². The molecule has 3 heteroatoms. The summed E-state index contributed by atoms with van der Waals surface area (Å²) >= 11 is 0. The first-order chi connectivity index (χ1) is 5.55. The molecule has 0 bridgehead atoms. The van der Waals surface area contributed by atoms with E-state index in [1.54, 1.807) is 0 Å². The zero-order valence-electron chi connectivity index (χ0n) is 8.96. The molecule has 95 valence electrons. The van der Waals surface area contributed by atoms with Gasteiger partial charge in [-0.25, -0.2) is 0 Å². The molecule has 0 rings (SSSR count). The van der Waals surface area contributed by atoms with E-state index in [0.717, 1.165) is 17.8 Å². The molecule has 0 amide bonds. The molecule has 0 aromatic rings. The van der Waals surface area contributed by atoms with Gasteiger partial charge in [-0.1, -0.05) is 49.5 Å². The van der Waals surface area contributed by atoms with E-state index in [4.69, 9.17) is 23.7 Å². The van der Waals surface area contributed by atoms with Crippen molar-refractivity contribution in [2.75, 3.05) is 0 Å². The van der Waals surface area contributed by atoms with E-state index in [1.807, 2.05) is 0 Å². The molecule has 1 radical (unpaired) electrons. The standard InChI is InChI=1S/C8H18.2CN.2CH4.Co/c1-6(2)8(5)7(3)4;2*1-2;;;/h6-8H,1-5H3;;;2*1H4;/q;2*-1;;;. The van der Waals surface area contributed by atoms with Crippen molar-refractivity contribution in [3.05, 3.63) is 13.1 Å². The van der Waals surface area contributed by atoms with Crippen LogP contribution in [0, 0.1) is 41.4 Å². The molecular weight excluding hydrogens is 231 g/mol. The molecule has 0 aliphatic carbocycles. The topological polar surface area (TPSA) is 47.6 Å². The van der Waals surface area contributed by atoms with Gasteiger partial charge in [0.2, 0.25) is 0 Å². The Hall–Kier alpha value is -0.514. The zero-order chi connectivity index (χ0) is 10.7. The van der Waals surface area contributed by atoms with Crippen LogP contribution in [0.4, 0.5) is 0 Å². The SMILES string of the molecule is C.C.CC(C)C(C)C(C)C.[C-]#N.[C-]#N.[Co]. The van der Waals surface area contributed by atoms with Crippen molar-refractivity contribution in [2.24, 2.45) is 17.8 Å². The molecule has 0 aliphatic rings. The van der Waals surface area contributed by atoms with Crippen LogP contribution in [0.15, 0.2) is 0 Å². The Bertz CT molecular complexity index is 103. The van der Waals surface area contributed by atoms with E-state index in [2.05, 4.69) is 34.6 Å². The Morgan fingerprint density at radius 1 is 0.667 bits per heavy atom. The van der Waals surface area contributed by atoms with Gasteiger partial charge in [-0.15, -0.1) is 0 Å². The smallest absolute Gasteiger partial charge is 0 e. The molecule has 0 heterocycles. The molecule has 15 heavy (non-hydrogen) atoms. The molecule has 0 saturated carbocycles. The van der Waals surface area contributed by atoms with Crippen LogP contribution in [0.3, 0.4) is 0 Å². The first-order valence-electron chi connectivity index (χ1n) is 4.00. The molecule has 0 fully saturated rings. The van der Waals surface area contributed by atoms with Gasteiger partial charge in [-0.2, -0.15) is 0 Å². The number of hydrogen-bond donors (Lipinski definition) is 0. The van der Waals surface area contributed by atoms with Crippen LogP contribution in [0.5, 0.6) is 0 Å². The summed E-state index contributed by atoms with van der Waals surface area (Å²) in [5, 5.41) is 12.5. The predicted molar refractivity (Wildman–Crippen MR) is 62.2 cm³/mol. The van der Waals surface area contributed by atoms with Gasteiger partial charge < -0.3 is 23.7 Å². The van der Waals surface area contributed by atoms with Gasteiger partial charge >= 0.3 is 0 Å². The summed E-state index contributed by atoms with van der Waals surface area (Å²) < 4.78 is 0. The maximum Gasteiger partial charge on any atom is 0 e. The summed E-state index contributed by atoms with van der Waals surface area (Å²) in [6.45, 7) is 20.9. The molecular formula is C12H26CoN2-2. The van der Waals surface area contributed by atoms with Crippen LogP contribution in [0.1, 0.15) is 49.5 Å². The van der Waals surface area contributed by atoms with Crippen molar-refractivity contribution in [1.29, 1.82) is 10.5 Å². The molecule has 0 unspecified atom stereocenters. The summed E-state index contributed by atoms with van der Waals surface area (Å²) in [4.78, 5) is 0. The molecule has 0 spiro atoms. The monoisotopic (exact) mass is 257 g/mol. The maximum absolute atomic E-state index is 6.25. The Labute approximate surface area is 108 Å². The van der Waals surface area contributed by atoms with Crippen LogP contribution in [0.25, 0.3) is 0 Å². The fourth-order valence-corrected chi connectivity index (χ4v) is 0.770. The van der Waals surface area contributed by atoms with E-state index < -0.39 is 0 Å². The van der Waals surface area contributed by atoms with Crippen molar-refractivity contribution in [3.63, 3.8) is 0 Å². The van der Waals surface area contributed by atoms with E-state index in [-0.39, 0.29) is 31.6 Å². The van der Waals surface area contributed by atoms with Crippen molar-refractivity contribution < 1.29 is 16.8 Å². The fraction of sp³-hybridized carbons (Fsp3) is 0.833. The van der Waals surface area contributed by atoms with Crippen LogP contribution < -0.4 is 0 Å². The first-order valence-corrected chi connectivity index (χ1v) is 4.00. The van der Waals surface area contributed by atoms with Gasteiger partial charge in [0.05, 0.1) is 0 Å². The second-order valence-electron chi connectivity index (χ2n) is 3.35. The van der Waals surface area contributed by atoms with Crippen molar-refractivity contribution in [2.45, 2.75) is 49.5 Å². The van der Waals surface area contributed by atoms with E-state index in [0.29, 0.717) is 0 Å². The minimum atomic E-state index is 0. The number of rotatable bonds is 2. The number of hydrogen-bond acceptors (Lipinski definition) is 2. The summed E-state index contributed by atoms with van der Waals surface area (Å²) in [6.07, 6.45) is 0. The average molecular weight is 257 g/mol. The number of nitrogens with zero attached hydrogens (tertiary/aromatic N) is 2. The van der Waals surface area contributed by atoms with Gasteiger partial charge in [-0.3, -0.25) is 0 Å². The Morgan fingerprint density at radius 3 is 0.800 bits per heavy atom. The normalized spacial score (nSPS) is 6.67.